The van der Waals surface area contributed by atoms with E-state index in [2.05, 4.69) is 116 Å². The van der Waals surface area contributed by atoms with Gasteiger partial charge in [0.1, 0.15) is 5.82 Å². The van der Waals surface area contributed by atoms with Gasteiger partial charge in [0.15, 0.2) is 0 Å². The molecule has 3 aromatic carbocycles. The zero-order chi connectivity index (χ0) is 27.6. The molecule has 0 N–H and O–H groups in total. The summed E-state index contributed by atoms with van der Waals surface area (Å²) >= 11 is 1.49. The molecule has 9 nitrogen and oxygen atoms in total. The number of aryl methyl sites for hydroxylation is 1. The molecule has 0 atom stereocenters. The summed E-state index contributed by atoms with van der Waals surface area (Å²) in [5, 5.41) is 10.3. The molecule has 0 unspecified atom stereocenters. The van der Waals surface area contributed by atoms with Crippen LogP contribution in [-0.2, 0) is 0 Å². The highest BCUT2D eigenvalue weighted by molar-refractivity contribution is 7.99. The van der Waals surface area contributed by atoms with E-state index in [-0.39, 0.29) is 0 Å². The lowest BCUT2D eigenvalue weighted by molar-refractivity contribution is 0.440. The van der Waals surface area contributed by atoms with E-state index in [1.807, 2.05) is 0 Å². The summed E-state index contributed by atoms with van der Waals surface area (Å²) in [5.74, 6) is 1.81. The van der Waals surface area contributed by atoms with Crippen LogP contribution in [-0.4, -0.2) is 72.5 Å². The maximum Gasteiger partial charge on any atom is 0.318 e. The third-order valence-corrected chi connectivity index (χ3v) is 8.57. The highest BCUT2D eigenvalue weighted by Crippen LogP contribution is 2.31. The van der Waals surface area contributed by atoms with Gasteiger partial charge in [-0.05, 0) is 55.1 Å². The van der Waals surface area contributed by atoms with Gasteiger partial charge in [0.05, 0.1) is 5.52 Å². The lowest BCUT2D eigenvalue weighted by Gasteiger charge is -2.38. The van der Waals surface area contributed by atoms with E-state index in [1.54, 1.807) is 0 Å². The van der Waals surface area contributed by atoms with Crippen LogP contribution in [0.3, 0.4) is 0 Å². The molecule has 0 bridgehead atoms. The fraction of sp³-hybridized carbons (Fsp3) is 0.290. The van der Waals surface area contributed by atoms with Gasteiger partial charge in [-0.3, -0.25) is 0 Å². The van der Waals surface area contributed by atoms with Crippen molar-refractivity contribution in [2.24, 2.45) is 0 Å². The van der Waals surface area contributed by atoms with Gasteiger partial charge in [0.2, 0.25) is 5.95 Å². The van der Waals surface area contributed by atoms with Crippen molar-refractivity contribution in [2.45, 2.75) is 17.0 Å². The molecular formula is C31H32N8OS. The van der Waals surface area contributed by atoms with Crippen molar-refractivity contribution in [2.75, 3.05) is 72.0 Å². The maximum atomic E-state index is 6.00. The van der Waals surface area contributed by atoms with Crippen LogP contribution in [0.15, 0.2) is 93.4 Å². The van der Waals surface area contributed by atoms with Gasteiger partial charge < -0.3 is 24.0 Å². The second-order valence-corrected chi connectivity index (χ2v) is 11.4. The van der Waals surface area contributed by atoms with Crippen molar-refractivity contribution in [3.05, 3.63) is 84.4 Å². The number of aromatic nitrogens is 4. The Labute approximate surface area is 243 Å². The number of fused-ring (bicyclic) bond motifs is 1. The summed E-state index contributed by atoms with van der Waals surface area (Å²) in [6, 6.07) is 27.9. The highest BCUT2D eigenvalue weighted by atomic mass is 32.2. The Kier molecular flexibility index (Phi) is 7.06. The molecule has 2 aliphatic heterocycles. The number of hydrogen-bond acceptors (Lipinski definition) is 10. The zero-order valence-electron chi connectivity index (χ0n) is 23.1. The first kappa shape index (κ1) is 25.6. The van der Waals surface area contributed by atoms with Gasteiger partial charge in [-0.25, -0.2) is 4.98 Å². The third kappa shape index (κ3) is 5.52. The Hall–Kier alpha value is -4.31. The van der Waals surface area contributed by atoms with Crippen molar-refractivity contribution in [1.82, 2.24) is 20.2 Å². The number of benzene rings is 3. The topological polar surface area (TPSA) is 77.7 Å². The molecule has 41 heavy (non-hydrogen) atoms. The molecule has 5 aromatic rings. The minimum absolute atomic E-state index is 0.557. The van der Waals surface area contributed by atoms with Crippen molar-refractivity contribution in [1.29, 1.82) is 0 Å². The minimum atomic E-state index is 0.557. The van der Waals surface area contributed by atoms with Crippen LogP contribution in [0.4, 0.5) is 23.5 Å². The molecule has 7 rings (SSSR count). The second-order valence-electron chi connectivity index (χ2n) is 10.4. The Morgan fingerprint density at radius 1 is 0.634 bits per heavy atom. The van der Waals surface area contributed by atoms with Crippen molar-refractivity contribution >= 4 is 46.1 Å². The molecule has 0 amide bonds. The van der Waals surface area contributed by atoms with Crippen LogP contribution in [0, 0.1) is 6.92 Å². The molecular weight excluding hydrogens is 532 g/mol. The van der Waals surface area contributed by atoms with Gasteiger partial charge in [-0.2, -0.15) is 4.98 Å². The molecule has 2 aromatic heterocycles. The normalized spacial score (nSPS) is 16.0. The van der Waals surface area contributed by atoms with E-state index in [0.29, 0.717) is 11.2 Å². The summed E-state index contributed by atoms with van der Waals surface area (Å²) < 4.78 is 6.00. The van der Waals surface area contributed by atoms with Gasteiger partial charge in [0, 0.05) is 68.3 Å². The molecule has 4 heterocycles. The SMILES string of the molecule is Cc1ccc(Sc2nnc(N3CCN(c4nc(N5CCN(c6ccccc6)CC5)c5ccccc5n4)CC3)o2)cc1. The number of nitrogens with zero attached hydrogens (tertiary/aromatic N) is 8. The summed E-state index contributed by atoms with van der Waals surface area (Å²) in [6.45, 7) is 8.93. The van der Waals surface area contributed by atoms with Crippen molar-refractivity contribution < 1.29 is 4.42 Å². The predicted molar refractivity (Wildman–Crippen MR) is 164 cm³/mol. The van der Waals surface area contributed by atoms with E-state index in [9.17, 15) is 0 Å². The standard InChI is InChI=1S/C31H32N8OS/c1-23-11-13-25(14-12-23)41-31-35-34-30(40-31)39-21-19-38(20-22-39)29-32-27-10-6-5-9-26(27)28(33-29)37-17-15-36(16-18-37)24-7-3-2-4-8-24/h2-14H,15-22H2,1H3. The third-order valence-electron chi connectivity index (χ3n) is 7.73. The fourth-order valence-electron chi connectivity index (χ4n) is 5.42. The lowest BCUT2D eigenvalue weighted by Crippen LogP contribution is -2.48. The van der Waals surface area contributed by atoms with Gasteiger partial charge >= 0.3 is 6.01 Å². The lowest BCUT2D eigenvalue weighted by atomic mass is 10.2. The second kappa shape index (κ2) is 11.3. The number of piperazine rings is 2. The van der Waals surface area contributed by atoms with Crippen LogP contribution in [0.25, 0.3) is 10.9 Å². The average Bonchev–Trinajstić information content (AvgIpc) is 3.51. The highest BCUT2D eigenvalue weighted by Gasteiger charge is 2.26. The summed E-state index contributed by atoms with van der Waals surface area (Å²) in [6.07, 6.45) is 0. The van der Waals surface area contributed by atoms with Gasteiger partial charge in [0.25, 0.3) is 5.22 Å². The number of rotatable bonds is 6. The fourth-order valence-corrected chi connectivity index (χ4v) is 6.09. The average molecular weight is 565 g/mol. The molecule has 2 aliphatic rings. The van der Waals surface area contributed by atoms with Crippen LogP contribution in [0.2, 0.25) is 0 Å². The number of para-hydroxylation sites is 2. The van der Waals surface area contributed by atoms with Crippen LogP contribution < -0.4 is 19.6 Å². The van der Waals surface area contributed by atoms with Gasteiger partial charge in [-0.15, -0.1) is 0 Å². The summed E-state index contributed by atoms with van der Waals surface area (Å²) in [4.78, 5) is 20.5. The van der Waals surface area contributed by atoms with Crippen molar-refractivity contribution in [3.8, 4) is 0 Å². The molecule has 10 heteroatoms. The van der Waals surface area contributed by atoms with E-state index in [4.69, 9.17) is 14.4 Å². The molecule has 0 spiro atoms. The quantitative estimate of drug-likeness (QED) is 0.277. The first-order chi connectivity index (χ1) is 20.2. The summed E-state index contributed by atoms with van der Waals surface area (Å²) in [7, 11) is 0. The van der Waals surface area contributed by atoms with Crippen molar-refractivity contribution in [3.63, 3.8) is 0 Å². The molecule has 2 saturated heterocycles. The monoisotopic (exact) mass is 564 g/mol. The van der Waals surface area contributed by atoms with E-state index in [0.717, 1.165) is 79.9 Å². The predicted octanol–water partition coefficient (Wildman–Crippen LogP) is 5.13. The Morgan fingerprint density at radius 3 is 2.07 bits per heavy atom. The van der Waals surface area contributed by atoms with E-state index in [1.165, 1.54) is 23.0 Å². The molecule has 2 fully saturated rings. The Morgan fingerprint density at radius 2 is 1.29 bits per heavy atom. The van der Waals surface area contributed by atoms with Gasteiger partial charge in [-0.1, -0.05) is 58.2 Å². The largest absolute Gasteiger partial charge is 0.397 e. The smallest absolute Gasteiger partial charge is 0.318 e. The van der Waals surface area contributed by atoms with Crippen LogP contribution in [0.1, 0.15) is 5.56 Å². The minimum Gasteiger partial charge on any atom is -0.397 e. The number of hydrogen-bond donors (Lipinski definition) is 0. The first-order valence-corrected chi connectivity index (χ1v) is 14.9. The van der Waals surface area contributed by atoms with E-state index >= 15 is 0 Å². The van der Waals surface area contributed by atoms with Crippen LogP contribution in [0.5, 0.6) is 0 Å². The Bertz CT molecular complexity index is 1610. The van der Waals surface area contributed by atoms with E-state index < -0.39 is 0 Å². The molecule has 0 radical (unpaired) electrons. The first-order valence-electron chi connectivity index (χ1n) is 14.1. The molecule has 208 valence electrons. The Balaban J connectivity index is 1.04. The number of anilines is 4. The van der Waals surface area contributed by atoms with Crippen LogP contribution >= 0.6 is 11.8 Å². The molecule has 0 aliphatic carbocycles. The molecule has 0 saturated carbocycles. The zero-order valence-corrected chi connectivity index (χ0v) is 23.9. The maximum absolute atomic E-state index is 6.00. The summed E-state index contributed by atoms with van der Waals surface area (Å²) in [5.41, 5.74) is 3.49.